The maximum absolute atomic E-state index is 12.8. The van der Waals surface area contributed by atoms with Crippen LogP contribution in [0.15, 0.2) is 29.7 Å². The van der Waals surface area contributed by atoms with Crippen LogP contribution in [-0.4, -0.2) is 67.6 Å². The van der Waals surface area contributed by atoms with Crippen molar-refractivity contribution >= 4 is 29.6 Å². The van der Waals surface area contributed by atoms with Gasteiger partial charge in [-0.05, 0) is 25.0 Å². The zero-order valence-electron chi connectivity index (χ0n) is 17.7. The molecular weight excluding hydrogens is 434 g/mol. The van der Waals surface area contributed by atoms with Crippen LogP contribution in [0.5, 0.6) is 0 Å². The van der Waals surface area contributed by atoms with Crippen LogP contribution in [0.2, 0.25) is 0 Å². The number of ether oxygens (including phenoxy) is 1. The summed E-state index contributed by atoms with van der Waals surface area (Å²) in [5.41, 5.74) is 2.41. The number of imide groups is 1. The summed E-state index contributed by atoms with van der Waals surface area (Å²) in [7, 11) is 1.61. The summed E-state index contributed by atoms with van der Waals surface area (Å²) in [6.07, 6.45) is 7.32. The highest BCUT2D eigenvalue weighted by Crippen LogP contribution is 2.33. The van der Waals surface area contributed by atoms with Gasteiger partial charge in [-0.25, -0.2) is 4.79 Å². The number of urea groups is 1. The highest BCUT2D eigenvalue weighted by Gasteiger charge is 2.52. The van der Waals surface area contributed by atoms with E-state index in [1.54, 1.807) is 19.5 Å². The number of carbonyl (C=O) groups excluding carboxylic acids is 3. The summed E-state index contributed by atoms with van der Waals surface area (Å²) in [6.45, 7) is 0.945. The number of aromatic nitrogens is 4. The van der Waals surface area contributed by atoms with Crippen LogP contribution in [0.25, 0.3) is 11.4 Å². The van der Waals surface area contributed by atoms with Crippen molar-refractivity contribution in [2.45, 2.75) is 49.3 Å². The largest absolute Gasteiger partial charge is 0.383 e. The Hall–Kier alpha value is -2.99. The molecular formula is C20H25N7O4S. The Morgan fingerprint density at radius 3 is 2.69 bits per heavy atom. The molecule has 2 aromatic rings. The minimum Gasteiger partial charge on any atom is -0.383 e. The summed E-state index contributed by atoms with van der Waals surface area (Å²) in [6, 6.07) is 3.07. The Morgan fingerprint density at radius 2 is 1.97 bits per heavy atom. The van der Waals surface area contributed by atoms with E-state index in [1.807, 2.05) is 16.7 Å². The SMILES string of the molecule is COCCn1c(SCC(=O)NN2C(=O)NC3(CCCCC3)C2=O)nnc1-c1ccncc1. The second-order valence-electron chi connectivity index (χ2n) is 7.72. The second kappa shape index (κ2) is 9.65. The normalized spacial score (nSPS) is 17.6. The molecule has 1 saturated heterocycles. The summed E-state index contributed by atoms with van der Waals surface area (Å²) in [5.74, 6) is -0.256. The predicted molar refractivity (Wildman–Crippen MR) is 115 cm³/mol. The number of rotatable bonds is 8. The molecule has 1 aliphatic carbocycles. The van der Waals surface area contributed by atoms with E-state index in [-0.39, 0.29) is 11.7 Å². The molecule has 0 bridgehead atoms. The van der Waals surface area contributed by atoms with Gasteiger partial charge in [0.15, 0.2) is 11.0 Å². The predicted octanol–water partition coefficient (Wildman–Crippen LogP) is 1.36. The molecule has 11 nitrogen and oxygen atoms in total. The minimum atomic E-state index is -0.879. The molecule has 32 heavy (non-hydrogen) atoms. The number of nitrogens with one attached hydrogen (secondary N) is 2. The lowest BCUT2D eigenvalue weighted by molar-refractivity contribution is -0.139. The molecule has 4 amide bonds. The van der Waals surface area contributed by atoms with E-state index in [1.165, 1.54) is 11.8 Å². The van der Waals surface area contributed by atoms with E-state index in [9.17, 15) is 14.4 Å². The zero-order valence-corrected chi connectivity index (χ0v) is 18.6. The lowest BCUT2D eigenvalue weighted by Crippen LogP contribution is -2.51. The van der Waals surface area contributed by atoms with E-state index in [0.29, 0.717) is 37.0 Å². The van der Waals surface area contributed by atoms with Crippen molar-refractivity contribution in [1.29, 1.82) is 0 Å². The molecule has 2 aliphatic rings. The van der Waals surface area contributed by atoms with Crippen LogP contribution < -0.4 is 10.7 Å². The molecule has 0 atom stereocenters. The number of thioether (sulfide) groups is 1. The van der Waals surface area contributed by atoms with Crippen molar-refractivity contribution in [3.8, 4) is 11.4 Å². The molecule has 2 aromatic heterocycles. The van der Waals surface area contributed by atoms with Gasteiger partial charge in [-0.1, -0.05) is 31.0 Å². The van der Waals surface area contributed by atoms with Crippen molar-refractivity contribution in [2.75, 3.05) is 19.5 Å². The third kappa shape index (κ3) is 4.46. The number of hydrogen-bond donors (Lipinski definition) is 2. The maximum Gasteiger partial charge on any atom is 0.344 e. The van der Waals surface area contributed by atoms with Gasteiger partial charge in [0, 0.05) is 25.1 Å². The van der Waals surface area contributed by atoms with Crippen LogP contribution in [0.3, 0.4) is 0 Å². The lowest BCUT2D eigenvalue weighted by Gasteiger charge is -2.30. The smallest absolute Gasteiger partial charge is 0.344 e. The van der Waals surface area contributed by atoms with E-state index < -0.39 is 17.5 Å². The van der Waals surface area contributed by atoms with Gasteiger partial charge in [-0.3, -0.25) is 24.6 Å². The molecule has 1 aliphatic heterocycles. The summed E-state index contributed by atoms with van der Waals surface area (Å²) in [5, 5.41) is 12.6. The van der Waals surface area contributed by atoms with Gasteiger partial charge < -0.3 is 10.1 Å². The quantitative estimate of drug-likeness (QED) is 0.447. The van der Waals surface area contributed by atoms with Crippen molar-refractivity contribution in [2.24, 2.45) is 0 Å². The zero-order chi connectivity index (χ0) is 22.6. The molecule has 0 unspecified atom stereocenters. The highest BCUT2D eigenvalue weighted by molar-refractivity contribution is 7.99. The number of amides is 4. The Kier molecular flexibility index (Phi) is 6.70. The number of pyridine rings is 1. The average Bonchev–Trinajstić information content (AvgIpc) is 3.31. The van der Waals surface area contributed by atoms with Gasteiger partial charge in [0.05, 0.1) is 18.9 Å². The van der Waals surface area contributed by atoms with Crippen molar-refractivity contribution in [3.05, 3.63) is 24.5 Å². The first-order valence-corrected chi connectivity index (χ1v) is 11.4. The van der Waals surface area contributed by atoms with Crippen LogP contribution in [0.4, 0.5) is 4.79 Å². The molecule has 170 valence electrons. The third-order valence-electron chi connectivity index (χ3n) is 5.61. The highest BCUT2D eigenvalue weighted by atomic mass is 32.2. The van der Waals surface area contributed by atoms with Gasteiger partial charge in [-0.15, -0.1) is 10.2 Å². The molecule has 0 radical (unpaired) electrons. The minimum absolute atomic E-state index is 0.0362. The number of hydrogen-bond acceptors (Lipinski definition) is 8. The van der Waals surface area contributed by atoms with Crippen molar-refractivity contribution < 1.29 is 19.1 Å². The molecule has 2 N–H and O–H groups in total. The second-order valence-corrected chi connectivity index (χ2v) is 8.67. The first kappa shape index (κ1) is 22.2. The number of carbonyl (C=O) groups is 3. The monoisotopic (exact) mass is 459 g/mol. The number of methoxy groups -OCH3 is 1. The Labute approximate surface area is 189 Å². The fraction of sp³-hybridized carbons (Fsp3) is 0.500. The van der Waals surface area contributed by atoms with Crippen LogP contribution in [0, 0.1) is 0 Å². The van der Waals surface area contributed by atoms with Gasteiger partial charge in [0.1, 0.15) is 5.54 Å². The summed E-state index contributed by atoms with van der Waals surface area (Å²) < 4.78 is 7.05. The third-order valence-corrected chi connectivity index (χ3v) is 6.58. The molecule has 12 heteroatoms. The van der Waals surface area contributed by atoms with E-state index in [0.717, 1.165) is 29.8 Å². The summed E-state index contributed by atoms with van der Waals surface area (Å²) >= 11 is 1.17. The summed E-state index contributed by atoms with van der Waals surface area (Å²) in [4.78, 5) is 41.7. The number of nitrogens with zero attached hydrogens (tertiary/aromatic N) is 5. The Bertz CT molecular complexity index is 991. The Balaban J connectivity index is 1.41. The standard InChI is InChI=1S/C20H25N7O4S/c1-31-12-11-26-16(14-5-9-21-10-6-14)23-24-19(26)32-13-15(28)25-27-17(29)20(22-18(27)30)7-3-2-4-8-20/h5-6,9-10H,2-4,7-8,11-13H2,1H3,(H,22,30)(H,25,28). The van der Waals surface area contributed by atoms with Crippen LogP contribution in [-0.2, 0) is 20.9 Å². The Morgan fingerprint density at radius 1 is 1.22 bits per heavy atom. The average molecular weight is 460 g/mol. The molecule has 1 spiro atoms. The van der Waals surface area contributed by atoms with Gasteiger partial charge in [-0.2, -0.15) is 5.01 Å². The lowest BCUT2D eigenvalue weighted by atomic mass is 9.82. The van der Waals surface area contributed by atoms with E-state index >= 15 is 0 Å². The van der Waals surface area contributed by atoms with Gasteiger partial charge in [0.25, 0.3) is 5.91 Å². The first-order chi connectivity index (χ1) is 15.5. The van der Waals surface area contributed by atoms with Crippen molar-refractivity contribution in [1.82, 2.24) is 35.5 Å². The maximum atomic E-state index is 12.8. The van der Waals surface area contributed by atoms with E-state index in [2.05, 4.69) is 25.9 Å². The van der Waals surface area contributed by atoms with Gasteiger partial charge in [0.2, 0.25) is 5.91 Å². The molecule has 3 heterocycles. The first-order valence-electron chi connectivity index (χ1n) is 10.5. The molecule has 4 rings (SSSR count). The van der Waals surface area contributed by atoms with Crippen LogP contribution in [0.1, 0.15) is 32.1 Å². The van der Waals surface area contributed by atoms with Gasteiger partial charge >= 0.3 is 6.03 Å². The number of hydrazine groups is 1. The van der Waals surface area contributed by atoms with E-state index in [4.69, 9.17) is 4.74 Å². The molecule has 2 fully saturated rings. The van der Waals surface area contributed by atoms with Crippen molar-refractivity contribution in [3.63, 3.8) is 0 Å². The topological polar surface area (TPSA) is 131 Å². The fourth-order valence-corrected chi connectivity index (χ4v) is 4.75. The molecule has 0 aromatic carbocycles. The molecule has 1 saturated carbocycles. The van der Waals surface area contributed by atoms with Crippen LogP contribution >= 0.6 is 11.8 Å². The fourth-order valence-electron chi connectivity index (χ4n) is 4.00.